The van der Waals surface area contributed by atoms with Crippen molar-refractivity contribution in [3.8, 4) is 16.9 Å². The van der Waals surface area contributed by atoms with Crippen molar-refractivity contribution in [3.05, 3.63) is 96.3 Å². The summed E-state index contributed by atoms with van der Waals surface area (Å²) in [6, 6.07) is 27.9. The standard InChI is InChI=1S/C25H24N4O/c1-2-30-22-14-12-20(13-15-22)23-16-24(29-25(28-23)26-17-27-29)21-10-8-19(9-11-21)18-6-4-3-5-7-18/h3-15,17,23-24H,2,16H2,1H3,(H,26,27,28). The van der Waals surface area contributed by atoms with Crippen molar-refractivity contribution in [1.29, 1.82) is 0 Å². The number of nitrogens with zero attached hydrogens (tertiary/aromatic N) is 3. The van der Waals surface area contributed by atoms with Crippen molar-refractivity contribution in [3.63, 3.8) is 0 Å². The molecule has 0 radical (unpaired) electrons. The van der Waals surface area contributed by atoms with Gasteiger partial charge in [-0.2, -0.15) is 10.1 Å². The first kappa shape index (κ1) is 18.4. The molecule has 5 heteroatoms. The maximum Gasteiger partial charge on any atom is 0.222 e. The van der Waals surface area contributed by atoms with Crippen LogP contribution in [0.1, 0.15) is 36.6 Å². The zero-order chi connectivity index (χ0) is 20.3. The van der Waals surface area contributed by atoms with Gasteiger partial charge in [0.05, 0.1) is 18.7 Å². The second-order valence-electron chi connectivity index (χ2n) is 7.47. The highest BCUT2D eigenvalue weighted by atomic mass is 16.5. The van der Waals surface area contributed by atoms with Crippen LogP contribution in [0.4, 0.5) is 5.95 Å². The third-order valence-electron chi connectivity index (χ3n) is 5.63. The molecular weight excluding hydrogens is 372 g/mol. The summed E-state index contributed by atoms with van der Waals surface area (Å²) in [6.07, 6.45) is 2.52. The minimum atomic E-state index is 0.130. The summed E-state index contributed by atoms with van der Waals surface area (Å²) in [5.74, 6) is 1.70. The number of nitrogens with one attached hydrogen (secondary N) is 1. The highest BCUT2D eigenvalue weighted by Crippen LogP contribution is 2.38. The van der Waals surface area contributed by atoms with Gasteiger partial charge in [0, 0.05) is 0 Å². The topological polar surface area (TPSA) is 52.0 Å². The van der Waals surface area contributed by atoms with Gasteiger partial charge in [-0.25, -0.2) is 4.68 Å². The first-order valence-electron chi connectivity index (χ1n) is 10.4. The molecule has 0 fully saturated rings. The number of aromatic nitrogens is 3. The zero-order valence-electron chi connectivity index (χ0n) is 16.9. The monoisotopic (exact) mass is 396 g/mol. The van der Waals surface area contributed by atoms with Crippen molar-refractivity contribution < 1.29 is 4.74 Å². The summed E-state index contributed by atoms with van der Waals surface area (Å²) in [5.41, 5.74) is 4.90. The van der Waals surface area contributed by atoms with E-state index in [1.165, 1.54) is 22.3 Å². The fourth-order valence-electron chi connectivity index (χ4n) is 4.11. The Kier molecular flexibility index (Phi) is 4.93. The smallest absolute Gasteiger partial charge is 0.222 e. The Hall–Kier alpha value is -3.60. The maximum absolute atomic E-state index is 5.58. The van der Waals surface area contributed by atoms with Gasteiger partial charge in [-0.05, 0) is 47.7 Å². The fraction of sp³-hybridized carbons (Fsp3) is 0.200. The molecule has 5 rings (SSSR count). The van der Waals surface area contributed by atoms with E-state index in [-0.39, 0.29) is 12.1 Å². The molecule has 1 aliphatic heterocycles. The highest BCUT2D eigenvalue weighted by molar-refractivity contribution is 5.63. The molecule has 0 saturated heterocycles. The Morgan fingerprint density at radius 2 is 1.60 bits per heavy atom. The molecule has 0 spiro atoms. The van der Waals surface area contributed by atoms with E-state index in [4.69, 9.17) is 4.74 Å². The Bertz CT molecular complexity index is 1100. The molecule has 4 aromatic rings. The minimum absolute atomic E-state index is 0.130. The third kappa shape index (κ3) is 3.54. The van der Waals surface area contributed by atoms with E-state index in [0.29, 0.717) is 6.61 Å². The van der Waals surface area contributed by atoms with Crippen LogP contribution >= 0.6 is 0 Å². The normalized spacial score (nSPS) is 17.8. The van der Waals surface area contributed by atoms with Crippen molar-refractivity contribution in [2.45, 2.75) is 25.4 Å². The Balaban J connectivity index is 1.43. The molecule has 1 aliphatic rings. The Morgan fingerprint density at radius 3 is 2.33 bits per heavy atom. The number of rotatable bonds is 5. The van der Waals surface area contributed by atoms with Crippen LogP contribution in [0, 0.1) is 0 Å². The summed E-state index contributed by atoms with van der Waals surface area (Å²) in [4.78, 5) is 4.44. The molecule has 0 bridgehead atoms. The van der Waals surface area contributed by atoms with Gasteiger partial charge >= 0.3 is 0 Å². The third-order valence-corrected chi connectivity index (χ3v) is 5.63. The molecule has 30 heavy (non-hydrogen) atoms. The largest absolute Gasteiger partial charge is 0.494 e. The zero-order valence-corrected chi connectivity index (χ0v) is 16.9. The van der Waals surface area contributed by atoms with E-state index in [0.717, 1.165) is 18.1 Å². The SMILES string of the molecule is CCOc1ccc(C2CC(c3ccc(-c4ccccc4)cc3)n3ncnc3N2)cc1. The predicted molar refractivity (Wildman–Crippen MR) is 119 cm³/mol. The Morgan fingerprint density at radius 1 is 0.900 bits per heavy atom. The molecule has 5 nitrogen and oxygen atoms in total. The molecule has 0 aliphatic carbocycles. The molecular formula is C25H24N4O. The number of hydrogen-bond acceptors (Lipinski definition) is 4. The molecule has 0 saturated carbocycles. The fourth-order valence-corrected chi connectivity index (χ4v) is 4.11. The van der Waals surface area contributed by atoms with Gasteiger partial charge < -0.3 is 10.1 Å². The second-order valence-corrected chi connectivity index (χ2v) is 7.47. The van der Waals surface area contributed by atoms with Gasteiger partial charge in [0.1, 0.15) is 12.1 Å². The van der Waals surface area contributed by atoms with Crippen LogP contribution in [0.15, 0.2) is 85.2 Å². The molecule has 150 valence electrons. The van der Waals surface area contributed by atoms with Gasteiger partial charge in [0.25, 0.3) is 0 Å². The average molecular weight is 396 g/mol. The lowest BCUT2D eigenvalue weighted by atomic mass is 9.92. The van der Waals surface area contributed by atoms with Crippen LogP contribution in [-0.4, -0.2) is 21.4 Å². The van der Waals surface area contributed by atoms with Crippen LogP contribution in [0.2, 0.25) is 0 Å². The average Bonchev–Trinajstić information content (AvgIpc) is 3.29. The quantitative estimate of drug-likeness (QED) is 0.485. The van der Waals surface area contributed by atoms with E-state index in [2.05, 4.69) is 76.1 Å². The number of anilines is 1. The summed E-state index contributed by atoms with van der Waals surface area (Å²) in [6.45, 7) is 2.67. The van der Waals surface area contributed by atoms with Crippen LogP contribution in [0.3, 0.4) is 0 Å². The molecule has 2 unspecified atom stereocenters. The van der Waals surface area contributed by atoms with Crippen molar-refractivity contribution in [1.82, 2.24) is 14.8 Å². The van der Waals surface area contributed by atoms with Gasteiger partial charge in [0.15, 0.2) is 0 Å². The molecule has 2 atom stereocenters. The Labute approximate surface area is 176 Å². The number of benzene rings is 3. The summed E-state index contributed by atoms with van der Waals surface area (Å²) in [5, 5.41) is 8.02. The van der Waals surface area contributed by atoms with Gasteiger partial charge in [-0.3, -0.25) is 0 Å². The lowest BCUT2D eigenvalue weighted by Gasteiger charge is -2.32. The van der Waals surface area contributed by atoms with Crippen LogP contribution < -0.4 is 10.1 Å². The van der Waals surface area contributed by atoms with Crippen LogP contribution in [0.5, 0.6) is 5.75 Å². The van der Waals surface area contributed by atoms with E-state index in [9.17, 15) is 0 Å². The van der Waals surface area contributed by atoms with Gasteiger partial charge in [-0.15, -0.1) is 0 Å². The summed E-state index contributed by atoms with van der Waals surface area (Å²) in [7, 11) is 0. The first-order chi connectivity index (χ1) is 14.8. The van der Waals surface area contributed by atoms with Crippen LogP contribution in [0.25, 0.3) is 11.1 Å². The molecule has 2 heterocycles. The van der Waals surface area contributed by atoms with E-state index in [1.54, 1.807) is 6.33 Å². The van der Waals surface area contributed by atoms with Crippen molar-refractivity contribution in [2.24, 2.45) is 0 Å². The summed E-state index contributed by atoms with van der Waals surface area (Å²) < 4.78 is 7.57. The lowest BCUT2D eigenvalue weighted by molar-refractivity contribution is 0.340. The number of fused-ring (bicyclic) bond motifs is 1. The minimum Gasteiger partial charge on any atom is -0.494 e. The lowest BCUT2D eigenvalue weighted by Crippen LogP contribution is -2.28. The molecule has 3 aromatic carbocycles. The maximum atomic E-state index is 5.58. The van der Waals surface area contributed by atoms with Crippen LogP contribution in [-0.2, 0) is 0 Å². The van der Waals surface area contributed by atoms with E-state index < -0.39 is 0 Å². The summed E-state index contributed by atoms with van der Waals surface area (Å²) >= 11 is 0. The number of ether oxygens (including phenoxy) is 1. The molecule has 0 amide bonds. The second kappa shape index (κ2) is 8.03. The van der Waals surface area contributed by atoms with E-state index >= 15 is 0 Å². The van der Waals surface area contributed by atoms with E-state index in [1.807, 2.05) is 29.8 Å². The molecule has 1 N–H and O–H groups in total. The van der Waals surface area contributed by atoms with Crippen molar-refractivity contribution >= 4 is 5.95 Å². The van der Waals surface area contributed by atoms with Gasteiger partial charge in [0.2, 0.25) is 5.95 Å². The van der Waals surface area contributed by atoms with Gasteiger partial charge in [-0.1, -0.05) is 66.7 Å². The number of hydrogen-bond donors (Lipinski definition) is 1. The highest BCUT2D eigenvalue weighted by Gasteiger charge is 2.29. The first-order valence-corrected chi connectivity index (χ1v) is 10.4. The van der Waals surface area contributed by atoms with Crippen molar-refractivity contribution in [2.75, 3.05) is 11.9 Å². The predicted octanol–water partition coefficient (Wildman–Crippen LogP) is 5.49. The molecule has 1 aromatic heterocycles.